The monoisotopic (exact) mass is 233 g/mol. The number of aromatic nitrogens is 3. The molecule has 0 amide bonds. The Kier molecular flexibility index (Phi) is 2.80. The molecule has 3 aromatic rings. The second kappa shape index (κ2) is 4.75. The van der Waals surface area contributed by atoms with E-state index >= 15 is 0 Å². The van der Waals surface area contributed by atoms with E-state index in [9.17, 15) is 0 Å². The molecule has 86 valence electrons. The first-order chi connectivity index (χ1) is 8.93. The summed E-state index contributed by atoms with van der Waals surface area (Å²) in [5, 5.41) is 0. The van der Waals surface area contributed by atoms with Gasteiger partial charge in [0.15, 0.2) is 0 Å². The van der Waals surface area contributed by atoms with Crippen LogP contribution in [0.2, 0.25) is 0 Å². The molecule has 0 saturated heterocycles. The first-order valence-corrected chi connectivity index (χ1v) is 5.71. The second-order valence-corrected chi connectivity index (χ2v) is 3.88. The van der Waals surface area contributed by atoms with E-state index in [1.165, 1.54) is 0 Å². The minimum atomic E-state index is 0.936. The summed E-state index contributed by atoms with van der Waals surface area (Å²) in [6.45, 7) is 0. The molecule has 0 unspecified atom stereocenters. The van der Waals surface area contributed by atoms with Gasteiger partial charge in [0.05, 0.1) is 11.4 Å². The third-order valence-electron chi connectivity index (χ3n) is 2.70. The average molecular weight is 233 g/mol. The van der Waals surface area contributed by atoms with Crippen molar-refractivity contribution >= 4 is 0 Å². The van der Waals surface area contributed by atoms with E-state index in [0.29, 0.717) is 0 Å². The van der Waals surface area contributed by atoms with Crippen LogP contribution in [0.15, 0.2) is 67.3 Å². The Balaban J connectivity index is 1.95. The first kappa shape index (κ1) is 10.6. The molecule has 0 N–H and O–H groups in total. The Morgan fingerprint density at radius 3 is 2.11 bits per heavy atom. The normalized spacial score (nSPS) is 10.2. The maximum Gasteiger partial charge on any atom is 0.0717 e. The molecule has 3 heteroatoms. The Morgan fingerprint density at radius 1 is 0.611 bits per heavy atom. The molecule has 0 aliphatic carbocycles. The van der Waals surface area contributed by atoms with Gasteiger partial charge in [-0.3, -0.25) is 15.0 Å². The van der Waals surface area contributed by atoms with Crippen LogP contribution in [0.25, 0.3) is 22.5 Å². The van der Waals surface area contributed by atoms with Gasteiger partial charge in [0.2, 0.25) is 0 Å². The van der Waals surface area contributed by atoms with Crippen molar-refractivity contribution in [1.82, 2.24) is 15.0 Å². The van der Waals surface area contributed by atoms with Gasteiger partial charge >= 0.3 is 0 Å². The summed E-state index contributed by atoms with van der Waals surface area (Å²) in [4.78, 5) is 12.8. The lowest BCUT2D eigenvalue weighted by atomic mass is 10.1. The van der Waals surface area contributed by atoms with Crippen molar-refractivity contribution in [3.05, 3.63) is 67.3 Å². The summed E-state index contributed by atoms with van der Waals surface area (Å²) in [6.07, 6.45) is 7.16. The van der Waals surface area contributed by atoms with E-state index in [4.69, 9.17) is 0 Å². The first-order valence-electron chi connectivity index (χ1n) is 5.71. The van der Waals surface area contributed by atoms with Crippen LogP contribution >= 0.6 is 0 Å². The van der Waals surface area contributed by atoms with Crippen molar-refractivity contribution in [2.45, 2.75) is 0 Å². The highest BCUT2D eigenvalue weighted by molar-refractivity contribution is 5.63. The zero-order chi connectivity index (χ0) is 12.2. The van der Waals surface area contributed by atoms with Gasteiger partial charge in [0.1, 0.15) is 0 Å². The Morgan fingerprint density at radius 2 is 1.44 bits per heavy atom. The number of pyridine rings is 3. The smallest absolute Gasteiger partial charge is 0.0717 e. The van der Waals surface area contributed by atoms with E-state index < -0.39 is 0 Å². The third-order valence-corrected chi connectivity index (χ3v) is 2.70. The molecule has 18 heavy (non-hydrogen) atoms. The van der Waals surface area contributed by atoms with Crippen molar-refractivity contribution in [2.24, 2.45) is 0 Å². The summed E-state index contributed by atoms with van der Waals surface area (Å²) in [5.74, 6) is 0. The van der Waals surface area contributed by atoms with Crippen LogP contribution < -0.4 is 0 Å². The van der Waals surface area contributed by atoms with E-state index in [1.807, 2.05) is 48.7 Å². The lowest BCUT2D eigenvalue weighted by Crippen LogP contribution is -1.86. The molecule has 0 fully saturated rings. The van der Waals surface area contributed by atoms with Gasteiger partial charge in [-0.05, 0) is 36.4 Å². The summed E-state index contributed by atoms with van der Waals surface area (Å²) >= 11 is 0. The van der Waals surface area contributed by atoms with Crippen molar-refractivity contribution in [3.63, 3.8) is 0 Å². The van der Waals surface area contributed by atoms with E-state index in [1.54, 1.807) is 18.6 Å². The van der Waals surface area contributed by atoms with Crippen LogP contribution in [-0.4, -0.2) is 15.0 Å². The molecule has 3 heterocycles. The van der Waals surface area contributed by atoms with Crippen LogP contribution in [0.5, 0.6) is 0 Å². The van der Waals surface area contributed by atoms with Crippen molar-refractivity contribution in [1.29, 1.82) is 0 Å². The standard InChI is InChI=1S/C15H11N3/c1-2-8-17-14(3-1)13-4-5-15(18-11-13)12-6-9-16-10-7-12/h1-11H. The highest BCUT2D eigenvalue weighted by Gasteiger charge is 2.01. The van der Waals surface area contributed by atoms with Crippen molar-refractivity contribution < 1.29 is 0 Å². The summed E-state index contributed by atoms with van der Waals surface area (Å²) in [6, 6.07) is 13.8. The molecule has 3 aromatic heterocycles. The van der Waals surface area contributed by atoms with Crippen LogP contribution in [0, 0.1) is 0 Å². The highest BCUT2D eigenvalue weighted by atomic mass is 14.7. The van der Waals surface area contributed by atoms with E-state index in [0.717, 1.165) is 22.5 Å². The second-order valence-electron chi connectivity index (χ2n) is 3.88. The minimum absolute atomic E-state index is 0.936. The molecular formula is C15H11N3. The fraction of sp³-hybridized carbons (Fsp3) is 0. The van der Waals surface area contributed by atoms with Crippen LogP contribution in [0.1, 0.15) is 0 Å². The molecule has 0 radical (unpaired) electrons. The molecule has 3 rings (SSSR count). The van der Waals surface area contributed by atoms with Gasteiger partial charge in [-0.25, -0.2) is 0 Å². The molecule has 0 aromatic carbocycles. The molecule has 0 bridgehead atoms. The molecule has 3 nitrogen and oxygen atoms in total. The average Bonchev–Trinajstić information content (AvgIpc) is 2.49. The largest absolute Gasteiger partial charge is 0.265 e. The number of hydrogen-bond donors (Lipinski definition) is 0. The maximum absolute atomic E-state index is 4.46. The van der Waals surface area contributed by atoms with Gasteiger partial charge in [-0.15, -0.1) is 0 Å². The zero-order valence-electron chi connectivity index (χ0n) is 9.69. The topological polar surface area (TPSA) is 38.7 Å². The third kappa shape index (κ3) is 2.11. The number of nitrogens with zero attached hydrogens (tertiary/aromatic N) is 3. The molecular weight excluding hydrogens is 222 g/mol. The summed E-state index contributed by atoms with van der Waals surface area (Å²) < 4.78 is 0. The lowest BCUT2D eigenvalue weighted by Gasteiger charge is -2.02. The van der Waals surface area contributed by atoms with Crippen LogP contribution in [-0.2, 0) is 0 Å². The molecule has 0 saturated carbocycles. The molecule has 0 atom stereocenters. The SMILES string of the molecule is c1ccc(-c2ccc(-c3ccncc3)nc2)nc1. The quantitative estimate of drug-likeness (QED) is 0.682. The fourth-order valence-electron chi connectivity index (χ4n) is 1.77. The lowest BCUT2D eigenvalue weighted by molar-refractivity contribution is 1.27. The van der Waals surface area contributed by atoms with E-state index in [2.05, 4.69) is 15.0 Å². The Labute approximate surface area is 105 Å². The highest BCUT2D eigenvalue weighted by Crippen LogP contribution is 2.20. The number of rotatable bonds is 2. The summed E-state index contributed by atoms with van der Waals surface area (Å²) in [5.41, 5.74) is 3.97. The Bertz CT molecular complexity index is 560. The van der Waals surface area contributed by atoms with Crippen molar-refractivity contribution in [2.75, 3.05) is 0 Å². The van der Waals surface area contributed by atoms with Crippen molar-refractivity contribution in [3.8, 4) is 22.5 Å². The maximum atomic E-state index is 4.46. The predicted molar refractivity (Wildman–Crippen MR) is 70.7 cm³/mol. The zero-order valence-corrected chi connectivity index (χ0v) is 9.69. The van der Waals surface area contributed by atoms with Crippen LogP contribution in [0.4, 0.5) is 0 Å². The van der Waals surface area contributed by atoms with Crippen LogP contribution in [0.3, 0.4) is 0 Å². The van der Waals surface area contributed by atoms with Gasteiger partial charge in [0, 0.05) is 35.9 Å². The van der Waals surface area contributed by atoms with Gasteiger partial charge in [0.25, 0.3) is 0 Å². The predicted octanol–water partition coefficient (Wildman–Crippen LogP) is 3.21. The fourth-order valence-corrected chi connectivity index (χ4v) is 1.77. The molecule has 0 aliphatic rings. The molecule has 0 spiro atoms. The Hall–Kier alpha value is -2.55. The molecule has 0 aliphatic heterocycles. The van der Waals surface area contributed by atoms with Gasteiger partial charge in [-0.2, -0.15) is 0 Å². The minimum Gasteiger partial charge on any atom is -0.265 e. The van der Waals surface area contributed by atoms with Gasteiger partial charge in [-0.1, -0.05) is 6.07 Å². The van der Waals surface area contributed by atoms with Gasteiger partial charge < -0.3 is 0 Å². The number of hydrogen-bond acceptors (Lipinski definition) is 3. The summed E-state index contributed by atoms with van der Waals surface area (Å²) in [7, 11) is 0. The van der Waals surface area contributed by atoms with E-state index in [-0.39, 0.29) is 0 Å².